The van der Waals surface area contributed by atoms with Gasteiger partial charge in [-0.2, -0.15) is 0 Å². The zero-order chi connectivity index (χ0) is 32.7. The fraction of sp³-hybridized carbons (Fsp3) is 0.421. The second-order valence-electron chi connectivity index (χ2n) is 12.7. The summed E-state index contributed by atoms with van der Waals surface area (Å²) >= 11 is 0. The van der Waals surface area contributed by atoms with Crippen LogP contribution in [0.4, 0.5) is 8.78 Å². The van der Waals surface area contributed by atoms with E-state index >= 15 is 0 Å². The smallest absolute Gasteiger partial charge is 0.352 e. The van der Waals surface area contributed by atoms with Gasteiger partial charge in [0.25, 0.3) is 0 Å². The first-order chi connectivity index (χ1) is 22.2. The zero-order valence-electron chi connectivity index (χ0n) is 26.4. The molecule has 0 saturated heterocycles. The van der Waals surface area contributed by atoms with Crippen LogP contribution < -0.4 is 4.74 Å². The van der Waals surface area contributed by atoms with Gasteiger partial charge in [0.15, 0.2) is 0 Å². The van der Waals surface area contributed by atoms with Gasteiger partial charge in [0, 0.05) is 31.0 Å². The molecule has 2 aliphatic rings. The number of carbonyl (C=O) groups is 2. The van der Waals surface area contributed by atoms with Crippen LogP contribution in [0.3, 0.4) is 0 Å². The minimum atomic E-state index is -1.29. The number of hydrogen-bond donors (Lipinski definition) is 2. The minimum absolute atomic E-state index is 0.00367. The Balaban J connectivity index is 1.36. The Morgan fingerprint density at radius 3 is 2.09 bits per heavy atom. The summed E-state index contributed by atoms with van der Waals surface area (Å²) in [5.41, 5.74) is 3.93. The van der Waals surface area contributed by atoms with E-state index in [2.05, 4.69) is 18.2 Å². The van der Waals surface area contributed by atoms with Gasteiger partial charge in [0.2, 0.25) is 0 Å². The van der Waals surface area contributed by atoms with Gasteiger partial charge in [-0.15, -0.1) is 0 Å². The number of likely N-dealkylation sites (N-methyl/N-ethyl adjacent to an activating group) is 1. The van der Waals surface area contributed by atoms with Crippen LogP contribution in [-0.4, -0.2) is 46.2 Å². The summed E-state index contributed by atoms with van der Waals surface area (Å²) in [6.07, 6.45) is 11.2. The van der Waals surface area contributed by atoms with Crippen molar-refractivity contribution in [2.24, 2.45) is 0 Å². The van der Waals surface area contributed by atoms with E-state index in [0.29, 0.717) is 13.0 Å². The lowest BCUT2D eigenvalue weighted by Gasteiger charge is -2.35. The van der Waals surface area contributed by atoms with Crippen LogP contribution in [0.25, 0.3) is 0 Å². The molecule has 0 bridgehead atoms. The maximum absolute atomic E-state index is 13.8. The first-order valence-electron chi connectivity index (χ1n) is 16.4. The summed E-state index contributed by atoms with van der Waals surface area (Å²) in [5.74, 6) is -2.05. The maximum atomic E-state index is 13.8. The monoisotopic (exact) mass is 631 g/mol. The van der Waals surface area contributed by atoms with Gasteiger partial charge in [0.05, 0.1) is 6.08 Å². The Bertz CT molecular complexity index is 1480. The number of fused-ring (bicyclic) bond motifs is 1. The van der Waals surface area contributed by atoms with Crippen LogP contribution >= 0.6 is 0 Å². The maximum Gasteiger partial charge on any atom is 0.352 e. The highest BCUT2D eigenvalue weighted by atomic mass is 19.1. The standard InChI is InChI=1S/C38H43F2NO5/c1-41(33(37(44)45)25-35(42)43)24-8-12-32-36-28(10-7-13-34(36)46-38(32)22-4-2-3-5-23-38)9-6-11-31(26-14-18-29(39)19-15-26)27-16-20-30(40)21-17-27/h7,10,13-21,25,31-32H,2-6,8-9,11-12,22-24H2,1H3,(H,42,43)(H,44,45)/b33-25+. The Hall–Kier alpha value is -4.20. The van der Waals surface area contributed by atoms with Crippen molar-refractivity contribution in [2.75, 3.05) is 13.6 Å². The van der Waals surface area contributed by atoms with Crippen LogP contribution in [0.1, 0.15) is 98.3 Å². The predicted molar refractivity (Wildman–Crippen MR) is 173 cm³/mol. The summed E-state index contributed by atoms with van der Waals surface area (Å²) in [5, 5.41) is 18.7. The first-order valence-corrected chi connectivity index (χ1v) is 16.4. The molecule has 3 aromatic rings. The Morgan fingerprint density at radius 2 is 1.52 bits per heavy atom. The summed E-state index contributed by atoms with van der Waals surface area (Å²) in [6, 6.07) is 19.4. The van der Waals surface area contributed by atoms with Crippen LogP contribution in [-0.2, 0) is 16.0 Å². The normalized spacial score (nSPS) is 17.4. The lowest BCUT2D eigenvalue weighted by atomic mass is 9.74. The molecule has 0 aromatic heterocycles. The summed E-state index contributed by atoms with van der Waals surface area (Å²) < 4.78 is 34.4. The van der Waals surface area contributed by atoms with Crippen molar-refractivity contribution in [1.82, 2.24) is 4.90 Å². The number of aryl methyl sites for hydroxylation is 1. The molecule has 8 heteroatoms. The fourth-order valence-electron chi connectivity index (χ4n) is 7.55. The van der Waals surface area contributed by atoms with Gasteiger partial charge in [0.1, 0.15) is 28.7 Å². The lowest BCUT2D eigenvalue weighted by molar-refractivity contribution is -0.136. The Kier molecular flexibility index (Phi) is 10.8. The topological polar surface area (TPSA) is 87.1 Å². The minimum Gasteiger partial charge on any atom is -0.486 e. The molecule has 3 aromatic carbocycles. The van der Waals surface area contributed by atoms with Crippen LogP contribution in [0.15, 0.2) is 78.5 Å². The molecule has 0 amide bonds. The van der Waals surface area contributed by atoms with Crippen molar-refractivity contribution < 1.29 is 33.3 Å². The number of aliphatic carboxylic acids is 2. The van der Waals surface area contributed by atoms with E-state index in [1.807, 2.05) is 24.3 Å². The Labute approximate surface area is 269 Å². The molecule has 46 heavy (non-hydrogen) atoms. The lowest BCUT2D eigenvalue weighted by Crippen LogP contribution is -2.38. The van der Waals surface area contributed by atoms with Gasteiger partial charge in [-0.3, -0.25) is 0 Å². The molecule has 1 spiro atoms. The highest BCUT2D eigenvalue weighted by molar-refractivity contribution is 5.94. The molecule has 5 rings (SSSR count). The Morgan fingerprint density at radius 1 is 0.913 bits per heavy atom. The van der Waals surface area contributed by atoms with E-state index in [0.717, 1.165) is 74.3 Å². The molecule has 1 unspecified atom stereocenters. The average molecular weight is 632 g/mol. The van der Waals surface area contributed by atoms with Crippen molar-refractivity contribution in [2.45, 2.75) is 88.1 Å². The van der Waals surface area contributed by atoms with E-state index < -0.39 is 11.9 Å². The molecule has 1 aliphatic carbocycles. The van der Waals surface area contributed by atoms with Crippen molar-refractivity contribution in [3.63, 3.8) is 0 Å². The van der Waals surface area contributed by atoms with Crippen molar-refractivity contribution in [3.8, 4) is 5.75 Å². The van der Waals surface area contributed by atoms with E-state index in [4.69, 9.17) is 9.84 Å². The molecule has 1 atom stereocenters. The van der Waals surface area contributed by atoms with Gasteiger partial charge in [-0.1, -0.05) is 49.2 Å². The molecule has 1 saturated carbocycles. The molecular formula is C38H43F2NO5. The highest BCUT2D eigenvalue weighted by Gasteiger charge is 2.48. The molecule has 1 aliphatic heterocycles. The zero-order valence-corrected chi connectivity index (χ0v) is 26.4. The fourth-order valence-corrected chi connectivity index (χ4v) is 7.55. The summed E-state index contributed by atoms with van der Waals surface area (Å²) in [4.78, 5) is 24.4. The van der Waals surface area contributed by atoms with Gasteiger partial charge < -0.3 is 19.8 Å². The predicted octanol–water partition coefficient (Wildman–Crippen LogP) is 8.45. The molecular weight excluding hydrogens is 588 g/mol. The van der Waals surface area contributed by atoms with Crippen molar-refractivity contribution in [1.29, 1.82) is 0 Å². The molecule has 244 valence electrons. The molecule has 6 nitrogen and oxygen atoms in total. The molecule has 2 N–H and O–H groups in total. The molecule has 1 heterocycles. The third-order valence-electron chi connectivity index (χ3n) is 9.76. The van der Waals surface area contributed by atoms with Gasteiger partial charge in [-0.25, -0.2) is 18.4 Å². The number of ether oxygens (including phenoxy) is 1. The average Bonchev–Trinajstić information content (AvgIpc) is 3.15. The van der Waals surface area contributed by atoms with Crippen LogP contribution in [0.5, 0.6) is 5.75 Å². The van der Waals surface area contributed by atoms with E-state index in [1.165, 1.54) is 53.1 Å². The van der Waals surface area contributed by atoms with Crippen LogP contribution in [0, 0.1) is 11.6 Å². The van der Waals surface area contributed by atoms with E-state index in [9.17, 15) is 23.5 Å². The molecule has 1 fully saturated rings. The number of hydrogen-bond acceptors (Lipinski definition) is 4. The quantitative estimate of drug-likeness (QED) is 0.184. The second kappa shape index (κ2) is 14.9. The van der Waals surface area contributed by atoms with E-state index in [-0.39, 0.29) is 34.8 Å². The summed E-state index contributed by atoms with van der Waals surface area (Å²) in [7, 11) is 1.62. The van der Waals surface area contributed by atoms with E-state index in [1.54, 1.807) is 7.05 Å². The number of rotatable bonds is 13. The number of nitrogens with zero attached hydrogens (tertiary/aromatic N) is 1. The number of halogens is 2. The van der Waals surface area contributed by atoms with Gasteiger partial charge in [-0.05, 0) is 105 Å². The SMILES string of the molecule is CN(CCCC1c2c(CCCC(c3ccc(F)cc3)c3ccc(F)cc3)cccc2OC12CCCCCC2)/C(=C/C(=O)O)C(=O)O. The summed E-state index contributed by atoms with van der Waals surface area (Å²) in [6.45, 7) is 0.409. The largest absolute Gasteiger partial charge is 0.486 e. The van der Waals surface area contributed by atoms with Crippen LogP contribution in [0.2, 0.25) is 0 Å². The number of benzene rings is 3. The van der Waals surface area contributed by atoms with Gasteiger partial charge >= 0.3 is 11.9 Å². The third-order valence-corrected chi connectivity index (χ3v) is 9.76. The van der Waals surface area contributed by atoms with Crippen molar-refractivity contribution >= 4 is 11.9 Å². The number of carboxylic acid groups (broad SMARTS) is 2. The number of carboxylic acids is 2. The first kappa shape index (κ1) is 33.2. The third kappa shape index (κ3) is 7.77. The molecule has 0 radical (unpaired) electrons. The van der Waals surface area contributed by atoms with Crippen molar-refractivity contribution in [3.05, 3.63) is 112 Å². The highest BCUT2D eigenvalue weighted by Crippen LogP contribution is 2.54. The second-order valence-corrected chi connectivity index (χ2v) is 12.7.